The van der Waals surface area contributed by atoms with Crippen molar-refractivity contribution in [1.29, 1.82) is 0 Å². The summed E-state index contributed by atoms with van der Waals surface area (Å²) in [5.74, 6) is 0.682. The lowest BCUT2D eigenvalue weighted by molar-refractivity contribution is -0.119. The summed E-state index contributed by atoms with van der Waals surface area (Å²) in [5, 5.41) is 12.7. The molecule has 0 radical (unpaired) electrons. The van der Waals surface area contributed by atoms with E-state index in [2.05, 4.69) is 15.5 Å². The van der Waals surface area contributed by atoms with Crippen LogP contribution in [0.5, 0.6) is 11.5 Å². The van der Waals surface area contributed by atoms with Gasteiger partial charge in [-0.05, 0) is 51.5 Å². The molecule has 4 rings (SSSR count). The number of rotatable bonds is 7. The largest absolute Gasteiger partial charge is 0.493 e. The second-order valence-corrected chi connectivity index (χ2v) is 8.37. The molecule has 9 nitrogen and oxygen atoms in total. The number of carbonyl (C=O) groups is 1. The van der Waals surface area contributed by atoms with Crippen LogP contribution in [0, 0.1) is 20.8 Å². The summed E-state index contributed by atoms with van der Waals surface area (Å²) in [7, 11) is 3.07. The molecule has 0 aliphatic heterocycles. The number of nitrogens with zero attached hydrogens (tertiary/aromatic N) is 4. The zero-order valence-corrected chi connectivity index (χ0v) is 20.7. The van der Waals surface area contributed by atoms with Crippen molar-refractivity contribution in [3.05, 3.63) is 69.8 Å². The van der Waals surface area contributed by atoms with E-state index in [1.54, 1.807) is 30.0 Å². The van der Waals surface area contributed by atoms with Crippen molar-refractivity contribution in [2.75, 3.05) is 19.5 Å². The first-order valence-corrected chi connectivity index (χ1v) is 11.4. The number of benzene rings is 2. The molecule has 1 amide bonds. The number of ether oxygens (including phenoxy) is 2. The number of amides is 1. The number of hydrogen-bond acceptors (Lipinski definition) is 6. The first-order valence-electron chi connectivity index (χ1n) is 11.4. The highest BCUT2D eigenvalue weighted by Gasteiger charge is 2.25. The van der Waals surface area contributed by atoms with E-state index in [0.29, 0.717) is 34.7 Å². The van der Waals surface area contributed by atoms with E-state index in [4.69, 9.17) is 9.47 Å². The van der Waals surface area contributed by atoms with Crippen LogP contribution >= 0.6 is 0 Å². The van der Waals surface area contributed by atoms with E-state index in [1.807, 2.05) is 52.0 Å². The Morgan fingerprint density at radius 2 is 1.69 bits per heavy atom. The van der Waals surface area contributed by atoms with E-state index in [0.717, 1.165) is 16.9 Å². The van der Waals surface area contributed by atoms with Crippen LogP contribution in [0.1, 0.15) is 36.3 Å². The third-order valence-corrected chi connectivity index (χ3v) is 6.06. The quantitative estimate of drug-likeness (QED) is 0.432. The molecule has 0 spiro atoms. The Kier molecular flexibility index (Phi) is 6.59. The summed E-state index contributed by atoms with van der Waals surface area (Å²) in [6.07, 6.45) is 0.370. The van der Waals surface area contributed by atoms with Gasteiger partial charge in [-0.15, -0.1) is 0 Å². The third-order valence-electron chi connectivity index (χ3n) is 6.06. The molecule has 182 valence electrons. The monoisotopic (exact) mass is 475 g/mol. The number of nitrogens with one attached hydrogen (secondary N) is 1. The lowest BCUT2D eigenvalue weighted by atomic mass is 10.1. The molecular weight excluding hydrogens is 446 g/mol. The molecule has 2 aromatic carbocycles. The first-order chi connectivity index (χ1) is 16.8. The van der Waals surface area contributed by atoms with Gasteiger partial charge >= 0.3 is 0 Å². The molecule has 1 N–H and O–H groups in total. The number of anilines is 1. The van der Waals surface area contributed by atoms with Crippen molar-refractivity contribution in [1.82, 2.24) is 19.6 Å². The Balaban J connectivity index is 1.73. The van der Waals surface area contributed by atoms with Gasteiger partial charge in [0.25, 0.3) is 5.56 Å². The maximum absolute atomic E-state index is 13.5. The number of carbonyl (C=O) groups excluding carboxylic acids is 1. The summed E-state index contributed by atoms with van der Waals surface area (Å²) in [6.45, 7) is 7.59. The maximum atomic E-state index is 13.5. The fourth-order valence-corrected chi connectivity index (χ4v) is 4.21. The number of hydrogen-bond donors (Lipinski definition) is 1. The Morgan fingerprint density at radius 1 is 1.00 bits per heavy atom. The molecule has 0 aliphatic rings. The van der Waals surface area contributed by atoms with Crippen LogP contribution in [0.25, 0.3) is 16.6 Å². The molecule has 0 aliphatic carbocycles. The molecule has 1 atom stereocenters. The van der Waals surface area contributed by atoms with Gasteiger partial charge in [0.05, 0.1) is 36.7 Å². The van der Waals surface area contributed by atoms with Gasteiger partial charge in [0, 0.05) is 11.8 Å². The summed E-state index contributed by atoms with van der Waals surface area (Å²) < 4.78 is 13.5. The minimum absolute atomic E-state index is 0.285. The van der Waals surface area contributed by atoms with Gasteiger partial charge in [0.1, 0.15) is 6.04 Å². The normalized spacial score (nSPS) is 11.9. The first kappa shape index (κ1) is 24.0. The van der Waals surface area contributed by atoms with Gasteiger partial charge in [0.2, 0.25) is 5.91 Å². The van der Waals surface area contributed by atoms with Crippen molar-refractivity contribution in [2.45, 2.75) is 40.2 Å². The van der Waals surface area contributed by atoms with E-state index in [1.165, 1.54) is 11.8 Å². The number of aromatic nitrogens is 4. The number of aryl methyl sites for hydroxylation is 3. The van der Waals surface area contributed by atoms with Gasteiger partial charge in [-0.2, -0.15) is 10.2 Å². The molecule has 9 heteroatoms. The van der Waals surface area contributed by atoms with Crippen molar-refractivity contribution in [2.24, 2.45) is 0 Å². The average Bonchev–Trinajstić information content (AvgIpc) is 3.20. The van der Waals surface area contributed by atoms with Crippen LogP contribution in [-0.2, 0) is 4.79 Å². The van der Waals surface area contributed by atoms with E-state index in [-0.39, 0.29) is 11.4 Å². The molecule has 2 heterocycles. The molecule has 35 heavy (non-hydrogen) atoms. The van der Waals surface area contributed by atoms with E-state index < -0.39 is 11.6 Å². The molecule has 0 fully saturated rings. The lowest BCUT2D eigenvalue weighted by Crippen LogP contribution is -2.35. The molecule has 0 saturated carbocycles. The topological polar surface area (TPSA) is 100 Å². The molecule has 0 saturated heterocycles. The molecule has 0 unspecified atom stereocenters. The third kappa shape index (κ3) is 4.37. The average molecular weight is 476 g/mol. The predicted molar refractivity (Wildman–Crippen MR) is 135 cm³/mol. The molecule has 4 aromatic rings. The van der Waals surface area contributed by atoms with Crippen LogP contribution in [-0.4, -0.2) is 39.7 Å². The lowest BCUT2D eigenvalue weighted by Gasteiger charge is -2.18. The Bertz CT molecular complexity index is 1450. The van der Waals surface area contributed by atoms with Gasteiger partial charge < -0.3 is 14.8 Å². The minimum Gasteiger partial charge on any atom is -0.493 e. The smallest absolute Gasteiger partial charge is 0.295 e. The van der Waals surface area contributed by atoms with Crippen LogP contribution in [0.2, 0.25) is 0 Å². The zero-order chi connectivity index (χ0) is 25.3. The van der Waals surface area contributed by atoms with Gasteiger partial charge in [-0.1, -0.05) is 24.6 Å². The molecule has 2 aromatic heterocycles. The molecular formula is C26H29N5O4. The second kappa shape index (κ2) is 9.61. The van der Waals surface area contributed by atoms with Crippen LogP contribution in [0.15, 0.2) is 47.3 Å². The maximum Gasteiger partial charge on any atom is 0.295 e. The highest BCUT2D eigenvalue weighted by molar-refractivity contribution is 5.94. The van der Waals surface area contributed by atoms with E-state index in [9.17, 15) is 9.59 Å². The summed E-state index contributed by atoms with van der Waals surface area (Å²) >= 11 is 0. The second-order valence-electron chi connectivity index (χ2n) is 8.37. The standard InChI is InChI=1S/C26H29N5O4/c1-7-20(25(32)27-18-10-13-21(34-5)22(14-18)35-6)31-26(33)24-23(16(3)28-31)17(4)30(29-24)19-11-8-15(2)9-12-19/h8-14,20H,7H2,1-6H3,(H,27,32)/t20-/m0/s1. The fraction of sp³-hybridized carbons (Fsp3) is 0.308. The SMILES string of the molecule is CC[C@@H](C(=O)Nc1ccc(OC)c(OC)c1)n1nc(C)c2c(C)n(-c3ccc(C)cc3)nc2c1=O. The molecule has 0 bridgehead atoms. The van der Waals surface area contributed by atoms with Crippen LogP contribution in [0.4, 0.5) is 5.69 Å². The van der Waals surface area contributed by atoms with Gasteiger partial charge in [0.15, 0.2) is 17.0 Å². The van der Waals surface area contributed by atoms with Gasteiger partial charge in [-0.3, -0.25) is 9.59 Å². The van der Waals surface area contributed by atoms with Crippen LogP contribution < -0.4 is 20.3 Å². The number of methoxy groups -OCH3 is 2. The fourth-order valence-electron chi connectivity index (χ4n) is 4.21. The Morgan fingerprint density at radius 3 is 2.31 bits per heavy atom. The minimum atomic E-state index is -0.816. The van der Waals surface area contributed by atoms with E-state index >= 15 is 0 Å². The van der Waals surface area contributed by atoms with Crippen molar-refractivity contribution in [3.8, 4) is 17.2 Å². The summed E-state index contributed by atoms with van der Waals surface area (Å²) in [6, 6.07) is 12.2. The predicted octanol–water partition coefficient (Wildman–Crippen LogP) is 4.11. The zero-order valence-electron chi connectivity index (χ0n) is 20.7. The highest BCUT2D eigenvalue weighted by Crippen LogP contribution is 2.30. The number of fused-ring (bicyclic) bond motifs is 1. The summed E-state index contributed by atoms with van der Waals surface area (Å²) in [4.78, 5) is 26.7. The van der Waals surface area contributed by atoms with Crippen molar-refractivity contribution >= 4 is 22.5 Å². The highest BCUT2D eigenvalue weighted by atomic mass is 16.5. The Labute approximate surface area is 203 Å². The van der Waals surface area contributed by atoms with Crippen LogP contribution in [0.3, 0.4) is 0 Å². The van der Waals surface area contributed by atoms with Crippen molar-refractivity contribution < 1.29 is 14.3 Å². The van der Waals surface area contributed by atoms with Crippen molar-refractivity contribution in [3.63, 3.8) is 0 Å². The summed E-state index contributed by atoms with van der Waals surface area (Å²) in [5.41, 5.74) is 3.84. The van der Waals surface area contributed by atoms with Gasteiger partial charge in [-0.25, -0.2) is 9.36 Å². The Hall–Kier alpha value is -4.14.